The molecule has 2 aromatic carbocycles. The van der Waals surface area contributed by atoms with Crippen molar-refractivity contribution in [2.75, 3.05) is 5.06 Å². The molecule has 0 saturated heterocycles. The standard InChI is InChI=1S/C17H13FN4O3/c18-10-1-3-12-14(7-10)20-8-21-16(12)25-11-2-4-15-9(5-11)6-13(19)17(23)22(15)24/h1-5,7-8,13,24H,6,19H2. The third-order valence-electron chi connectivity index (χ3n) is 4.02. The highest BCUT2D eigenvalue weighted by Crippen LogP contribution is 2.33. The summed E-state index contributed by atoms with van der Waals surface area (Å²) in [4.78, 5) is 19.8. The molecular weight excluding hydrogens is 327 g/mol. The number of amides is 1. The second kappa shape index (κ2) is 5.76. The van der Waals surface area contributed by atoms with Crippen LogP contribution in [0.15, 0.2) is 42.7 Å². The van der Waals surface area contributed by atoms with E-state index in [1.165, 1.54) is 18.5 Å². The Bertz CT molecular complexity index is 995. The van der Waals surface area contributed by atoms with Crippen molar-refractivity contribution < 1.29 is 19.1 Å². The number of aromatic nitrogens is 2. The predicted octanol–water partition coefficient (Wildman–Crippen LogP) is 2.17. The maximum Gasteiger partial charge on any atom is 0.267 e. The molecular formula is C17H13FN4O3. The van der Waals surface area contributed by atoms with Gasteiger partial charge in [-0.3, -0.25) is 10.0 Å². The maximum absolute atomic E-state index is 13.3. The molecule has 0 bridgehead atoms. The van der Waals surface area contributed by atoms with E-state index in [9.17, 15) is 14.4 Å². The van der Waals surface area contributed by atoms with E-state index in [-0.39, 0.29) is 12.3 Å². The summed E-state index contributed by atoms with van der Waals surface area (Å²) in [6.07, 6.45) is 1.58. The van der Waals surface area contributed by atoms with Crippen LogP contribution in [0.1, 0.15) is 5.56 Å². The fraction of sp³-hybridized carbons (Fsp3) is 0.118. The number of carbonyl (C=O) groups excluding carboxylic acids is 1. The number of fused-ring (bicyclic) bond motifs is 2. The lowest BCUT2D eigenvalue weighted by molar-refractivity contribution is -0.125. The van der Waals surface area contributed by atoms with E-state index in [1.807, 2.05) is 0 Å². The molecule has 3 N–H and O–H groups in total. The number of nitrogens with two attached hydrogens (primary N) is 1. The summed E-state index contributed by atoms with van der Waals surface area (Å²) in [5, 5.41) is 11.0. The van der Waals surface area contributed by atoms with Crippen LogP contribution in [0.5, 0.6) is 11.6 Å². The minimum Gasteiger partial charge on any atom is -0.438 e. The maximum atomic E-state index is 13.3. The van der Waals surface area contributed by atoms with Crippen LogP contribution in [-0.4, -0.2) is 27.1 Å². The predicted molar refractivity (Wildman–Crippen MR) is 87.0 cm³/mol. The van der Waals surface area contributed by atoms with E-state index in [0.29, 0.717) is 33.0 Å². The fourth-order valence-corrected chi connectivity index (χ4v) is 2.79. The number of anilines is 1. The van der Waals surface area contributed by atoms with Crippen molar-refractivity contribution in [1.29, 1.82) is 0 Å². The van der Waals surface area contributed by atoms with Gasteiger partial charge in [0.25, 0.3) is 5.91 Å². The molecule has 1 aromatic heterocycles. The molecule has 4 rings (SSSR count). The first-order valence-electron chi connectivity index (χ1n) is 7.52. The molecule has 126 valence electrons. The lowest BCUT2D eigenvalue weighted by atomic mass is 9.99. The van der Waals surface area contributed by atoms with Crippen molar-refractivity contribution in [3.05, 3.63) is 54.1 Å². The smallest absolute Gasteiger partial charge is 0.267 e. The van der Waals surface area contributed by atoms with Gasteiger partial charge in [0.2, 0.25) is 5.88 Å². The summed E-state index contributed by atoms with van der Waals surface area (Å²) in [6.45, 7) is 0. The van der Waals surface area contributed by atoms with E-state index in [1.54, 1.807) is 24.3 Å². The molecule has 3 aromatic rings. The number of ether oxygens (including phenoxy) is 1. The summed E-state index contributed by atoms with van der Waals surface area (Å²) in [5.74, 6) is -0.211. The van der Waals surface area contributed by atoms with Crippen molar-refractivity contribution in [1.82, 2.24) is 9.97 Å². The number of hydrogen-bond donors (Lipinski definition) is 2. The van der Waals surface area contributed by atoms with Crippen molar-refractivity contribution >= 4 is 22.5 Å². The van der Waals surface area contributed by atoms with Crippen molar-refractivity contribution in [2.24, 2.45) is 5.73 Å². The number of hydrogen-bond acceptors (Lipinski definition) is 6. The Labute approximate surface area is 141 Å². The molecule has 0 aliphatic carbocycles. The summed E-state index contributed by atoms with van der Waals surface area (Å²) in [7, 11) is 0. The quantitative estimate of drug-likeness (QED) is 0.693. The Morgan fingerprint density at radius 1 is 1.24 bits per heavy atom. The molecule has 2 heterocycles. The van der Waals surface area contributed by atoms with Gasteiger partial charge >= 0.3 is 0 Å². The minimum atomic E-state index is -0.810. The van der Waals surface area contributed by atoms with Gasteiger partial charge in [0.1, 0.15) is 17.9 Å². The summed E-state index contributed by atoms with van der Waals surface area (Å²) < 4.78 is 19.1. The van der Waals surface area contributed by atoms with Crippen LogP contribution in [0.25, 0.3) is 10.9 Å². The second-order valence-electron chi connectivity index (χ2n) is 5.69. The Morgan fingerprint density at radius 3 is 2.92 bits per heavy atom. The van der Waals surface area contributed by atoms with Crippen LogP contribution in [0, 0.1) is 5.82 Å². The Balaban J connectivity index is 1.71. The molecule has 0 saturated carbocycles. The molecule has 7 nitrogen and oxygen atoms in total. The van der Waals surface area contributed by atoms with E-state index in [2.05, 4.69) is 9.97 Å². The molecule has 25 heavy (non-hydrogen) atoms. The molecule has 1 atom stereocenters. The lowest BCUT2D eigenvalue weighted by Gasteiger charge is -2.27. The van der Waals surface area contributed by atoms with Crippen LogP contribution < -0.4 is 15.5 Å². The van der Waals surface area contributed by atoms with Gasteiger partial charge in [-0.25, -0.2) is 14.4 Å². The van der Waals surface area contributed by atoms with E-state index < -0.39 is 17.8 Å². The Hall–Kier alpha value is -3.10. The average Bonchev–Trinajstić information content (AvgIpc) is 2.59. The van der Waals surface area contributed by atoms with Gasteiger partial charge in [0.05, 0.1) is 22.6 Å². The van der Waals surface area contributed by atoms with Gasteiger partial charge in [-0.15, -0.1) is 0 Å². The highest BCUT2D eigenvalue weighted by atomic mass is 19.1. The van der Waals surface area contributed by atoms with Crippen LogP contribution >= 0.6 is 0 Å². The summed E-state index contributed by atoms with van der Waals surface area (Å²) in [6, 6.07) is 8.19. The third-order valence-corrected chi connectivity index (χ3v) is 4.02. The zero-order valence-corrected chi connectivity index (χ0v) is 12.9. The van der Waals surface area contributed by atoms with Gasteiger partial charge in [-0.05, 0) is 42.3 Å². The van der Waals surface area contributed by atoms with E-state index in [4.69, 9.17) is 10.5 Å². The van der Waals surface area contributed by atoms with E-state index >= 15 is 0 Å². The molecule has 1 aliphatic rings. The second-order valence-corrected chi connectivity index (χ2v) is 5.69. The largest absolute Gasteiger partial charge is 0.438 e. The van der Waals surface area contributed by atoms with Gasteiger partial charge < -0.3 is 10.5 Å². The molecule has 1 aliphatic heterocycles. The van der Waals surface area contributed by atoms with Gasteiger partial charge in [-0.2, -0.15) is 5.06 Å². The highest BCUT2D eigenvalue weighted by molar-refractivity contribution is 5.98. The minimum absolute atomic E-state index is 0.280. The SMILES string of the molecule is NC1Cc2cc(Oc3ncnc4cc(F)ccc34)ccc2N(O)C1=O. The number of nitrogens with zero attached hydrogens (tertiary/aromatic N) is 3. The van der Waals surface area contributed by atoms with Crippen LogP contribution in [-0.2, 0) is 11.2 Å². The average molecular weight is 340 g/mol. The van der Waals surface area contributed by atoms with Crippen LogP contribution in [0.4, 0.5) is 10.1 Å². The number of benzene rings is 2. The van der Waals surface area contributed by atoms with Crippen LogP contribution in [0.3, 0.4) is 0 Å². The van der Waals surface area contributed by atoms with Crippen molar-refractivity contribution in [3.63, 3.8) is 0 Å². The third kappa shape index (κ3) is 2.67. The molecule has 0 fully saturated rings. The summed E-state index contributed by atoms with van der Waals surface area (Å²) >= 11 is 0. The first-order chi connectivity index (χ1) is 12.0. The monoisotopic (exact) mass is 340 g/mol. The van der Waals surface area contributed by atoms with Crippen molar-refractivity contribution in [2.45, 2.75) is 12.5 Å². The normalized spacial score (nSPS) is 16.8. The van der Waals surface area contributed by atoms with Crippen molar-refractivity contribution in [3.8, 4) is 11.6 Å². The topological polar surface area (TPSA) is 102 Å². The molecule has 1 amide bonds. The van der Waals surface area contributed by atoms with Crippen LogP contribution in [0.2, 0.25) is 0 Å². The first kappa shape index (κ1) is 15.4. The fourth-order valence-electron chi connectivity index (χ4n) is 2.79. The zero-order valence-electron chi connectivity index (χ0n) is 12.9. The Kier molecular flexibility index (Phi) is 3.56. The highest BCUT2D eigenvalue weighted by Gasteiger charge is 2.30. The number of hydroxylamine groups is 1. The zero-order chi connectivity index (χ0) is 17.6. The van der Waals surface area contributed by atoms with E-state index in [0.717, 1.165) is 0 Å². The molecule has 0 radical (unpaired) electrons. The first-order valence-corrected chi connectivity index (χ1v) is 7.52. The number of rotatable bonds is 2. The van der Waals surface area contributed by atoms with Gasteiger partial charge in [0.15, 0.2) is 0 Å². The Morgan fingerprint density at radius 2 is 2.08 bits per heavy atom. The summed E-state index contributed by atoms with van der Waals surface area (Å²) in [5.41, 5.74) is 7.20. The number of carbonyl (C=O) groups is 1. The van der Waals surface area contributed by atoms with Gasteiger partial charge in [-0.1, -0.05) is 0 Å². The lowest BCUT2D eigenvalue weighted by Crippen LogP contribution is -2.47. The molecule has 0 spiro atoms. The molecule has 8 heteroatoms. The van der Waals surface area contributed by atoms with Gasteiger partial charge in [0, 0.05) is 6.07 Å². The number of halogens is 1. The molecule has 1 unspecified atom stereocenters.